The summed E-state index contributed by atoms with van der Waals surface area (Å²) in [6.07, 6.45) is 5.66. The van der Waals surface area contributed by atoms with Gasteiger partial charge in [0.05, 0.1) is 0 Å². The van der Waals surface area contributed by atoms with Crippen molar-refractivity contribution < 1.29 is 26.6 Å². The zero-order valence-electron chi connectivity index (χ0n) is 21.5. The summed E-state index contributed by atoms with van der Waals surface area (Å²) < 4.78 is 32.3. The Kier molecular flexibility index (Phi) is 14.1. The second kappa shape index (κ2) is 15.9. The maximum absolute atomic E-state index is 5.39. The second-order valence-electron chi connectivity index (χ2n) is 7.51. The van der Waals surface area contributed by atoms with Crippen LogP contribution in [-0.2, 0) is 39.0 Å². The molecule has 0 fully saturated rings. The molecule has 0 bridgehead atoms. The quantitative estimate of drug-likeness (QED) is 0.320. The van der Waals surface area contributed by atoms with Crippen LogP contribution in [0.5, 0.6) is 0 Å². The monoisotopic (exact) mass is 504 g/mol. The van der Waals surface area contributed by atoms with E-state index in [2.05, 4.69) is 37.4 Å². The van der Waals surface area contributed by atoms with E-state index >= 15 is 0 Å². The Morgan fingerprint density at radius 2 is 0.971 bits per heavy atom. The van der Waals surface area contributed by atoms with Crippen molar-refractivity contribution in [3.05, 3.63) is 83.9 Å². The molecule has 0 aliphatic heterocycles. The molecule has 34 heavy (non-hydrogen) atoms. The predicted octanol–water partition coefficient (Wildman–Crippen LogP) is 5.43. The van der Waals surface area contributed by atoms with Gasteiger partial charge in [0, 0.05) is 54.7 Å². The molecule has 8 heteroatoms. The molecule has 0 aromatic heterocycles. The van der Waals surface area contributed by atoms with Gasteiger partial charge in [-0.15, -0.1) is 0 Å². The van der Waals surface area contributed by atoms with E-state index in [1.807, 2.05) is 36.4 Å². The minimum absolute atomic E-state index is 0.675. The molecule has 0 spiro atoms. The summed E-state index contributed by atoms with van der Waals surface area (Å²) in [6, 6.07) is 18.0. The van der Waals surface area contributed by atoms with Gasteiger partial charge in [0.1, 0.15) is 0 Å². The molecule has 2 rings (SSSR count). The van der Waals surface area contributed by atoms with E-state index in [1.165, 1.54) is 5.56 Å². The van der Waals surface area contributed by atoms with Gasteiger partial charge in [0.2, 0.25) is 0 Å². The molecular formula is C26H40O6Si2. The second-order valence-corrected chi connectivity index (χ2v) is 13.5. The van der Waals surface area contributed by atoms with Crippen LogP contribution >= 0.6 is 0 Å². The summed E-state index contributed by atoms with van der Waals surface area (Å²) in [6.45, 7) is 7.46. The maximum Gasteiger partial charge on any atom is 0.504 e. The molecular weight excluding hydrogens is 464 g/mol. The van der Waals surface area contributed by atoms with Gasteiger partial charge in [-0.25, -0.2) is 0 Å². The lowest BCUT2D eigenvalue weighted by molar-refractivity contribution is 0.122. The first kappa shape index (κ1) is 30.1. The van der Waals surface area contributed by atoms with E-state index in [0.29, 0.717) is 6.04 Å². The van der Waals surface area contributed by atoms with Crippen LogP contribution in [0.15, 0.2) is 61.7 Å². The van der Waals surface area contributed by atoms with Crippen molar-refractivity contribution in [2.24, 2.45) is 0 Å². The van der Waals surface area contributed by atoms with Crippen LogP contribution in [-0.4, -0.2) is 60.3 Å². The van der Waals surface area contributed by atoms with Crippen LogP contribution in [0.1, 0.15) is 28.7 Å². The van der Waals surface area contributed by atoms with Gasteiger partial charge in [0.15, 0.2) is 0 Å². The number of rotatable bonds is 14. The van der Waals surface area contributed by atoms with E-state index < -0.39 is 17.6 Å². The highest BCUT2D eigenvalue weighted by Gasteiger charge is 2.38. The molecule has 0 radical (unpaired) electrons. The topological polar surface area (TPSA) is 55.4 Å². The zero-order chi connectivity index (χ0) is 25.5. The highest BCUT2D eigenvalue weighted by Crippen LogP contribution is 2.18. The number of hydrogen-bond acceptors (Lipinski definition) is 6. The summed E-state index contributed by atoms with van der Waals surface area (Å²) in [5.41, 5.74) is 4.70. The van der Waals surface area contributed by atoms with Gasteiger partial charge < -0.3 is 26.6 Å². The lowest BCUT2D eigenvalue weighted by atomic mass is 10.1. The fourth-order valence-electron chi connectivity index (χ4n) is 3.37. The minimum Gasteiger partial charge on any atom is -0.377 e. The molecule has 6 nitrogen and oxygen atoms in total. The van der Waals surface area contributed by atoms with Crippen LogP contribution in [0.2, 0.25) is 6.04 Å². The first-order valence-corrected chi connectivity index (χ1v) is 15.0. The third kappa shape index (κ3) is 9.40. The van der Waals surface area contributed by atoms with Crippen LogP contribution in [0.25, 0.3) is 12.2 Å². The molecule has 0 saturated carbocycles. The normalized spacial score (nSPS) is 11.5. The smallest absolute Gasteiger partial charge is 0.377 e. The SMILES string of the molecule is C=Cc1ccc(CCC[Si](OC)(OC)OC)cc1.C=Cc1ccc(C[Si](OC)(OC)OC)cc1. The van der Waals surface area contributed by atoms with Crippen molar-refractivity contribution >= 4 is 29.8 Å². The van der Waals surface area contributed by atoms with Gasteiger partial charge >= 0.3 is 17.6 Å². The molecule has 188 valence electrons. The van der Waals surface area contributed by atoms with Crippen molar-refractivity contribution in [1.29, 1.82) is 0 Å². The molecule has 2 aromatic rings. The fourth-order valence-corrected chi connectivity index (χ4v) is 6.76. The average Bonchev–Trinajstić information content (AvgIpc) is 2.91. The molecule has 2 aromatic carbocycles. The third-order valence-electron chi connectivity index (χ3n) is 5.67. The first-order chi connectivity index (χ1) is 16.4. The van der Waals surface area contributed by atoms with Crippen molar-refractivity contribution in [3.63, 3.8) is 0 Å². The van der Waals surface area contributed by atoms with Crippen molar-refractivity contribution in [1.82, 2.24) is 0 Å². The molecule has 0 atom stereocenters. The van der Waals surface area contributed by atoms with Crippen molar-refractivity contribution in [2.75, 3.05) is 42.7 Å². The first-order valence-electron chi connectivity index (χ1n) is 11.1. The Hall–Kier alpha value is -1.89. The van der Waals surface area contributed by atoms with E-state index in [9.17, 15) is 0 Å². The third-order valence-corrected chi connectivity index (χ3v) is 11.2. The highest BCUT2D eigenvalue weighted by molar-refractivity contribution is 6.60. The van der Waals surface area contributed by atoms with E-state index in [0.717, 1.165) is 35.6 Å². The van der Waals surface area contributed by atoms with E-state index in [4.69, 9.17) is 26.6 Å². The van der Waals surface area contributed by atoms with Crippen LogP contribution in [0, 0.1) is 0 Å². The molecule has 0 saturated heterocycles. The molecule has 0 unspecified atom stereocenters. The number of hydrogen-bond donors (Lipinski definition) is 0. The molecule has 0 N–H and O–H groups in total. The Labute approximate surface area is 207 Å². The molecule has 0 aliphatic carbocycles. The van der Waals surface area contributed by atoms with Crippen molar-refractivity contribution in [2.45, 2.75) is 24.9 Å². The van der Waals surface area contributed by atoms with Crippen LogP contribution in [0.3, 0.4) is 0 Å². The minimum atomic E-state index is -2.51. The largest absolute Gasteiger partial charge is 0.504 e. The van der Waals surface area contributed by atoms with Gasteiger partial charge in [-0.05, 0) is 35.1 Å². The zero-order valence-corrected chi connectivity index (χ0v) is 23.5. The summed E-state index contributed by atoms with van der Waals surface area (Å²) >= 11 is 0. The van der Waals surface area contributed by atoms with E-state index in [1.54, 1.807) is 42.7 Å². The summed E-state index contributed by atoms with van der Waals surface area (Å²) in [7, 11) is 4.90. The average molecular weight is 505 g/mol. The molecule has 0 heterocycles. The maximum atomic E-state index is 5.39. The standard InChI is InChI=1S/C14H22O3Si.C12H18O3Si/c1-5-13-8-10-14(11-9-13)7-6-12-18(15-2,16-3)17-4;1-5-11-6-8-12(9-7-11)10-16(13-2,14-3)15-4/h5,8-11H,1,6-7,12H2,2-4H3;5-9H,1,10H2,2-4H3. The van der Waals surface area contributed by atoms with Gasteiger partial charge in [-0.1, -0.05) is 73.8 Å². The Morgan fingerprint density at radius 3 is 1.32 bits per heavy atom. The van der Waals surface area contributed by atoms with Crippen LogP contribution < -0.4 is 0 Å². The Morgan fingerprint density at radius 1 is 0.588 bits per heavy atom. The Balaban J connectivity index is 0.000000342. The summed E-state index contributed by atoms with van der Waals surface area (Å²) in [5, 5.41) is 0. The van der Waals surface area contributed by atoms with Gasteiger partial charge in [0.25, 0.3) is 0 Å². The Bertz CT molecular complexity index is 815. The predicted molar refractivity (Wildman–Crippen MR) is 143 cm³/mol. The summed E-state index contributed by atoms with van der Waals surface area (Å²) in [4.78, 5) is 0. The van der Waals surface area contributed by atoms with Gasteiger partial charge in [-0.2, -0.15) is 0 Å². The van der Waals surface area contributed by atoms with Gasteiger partial charge in [-0.3, -0.25) is 0 Å². The number of aryl methyl sites for hydroxylation is 1. The lowest BCUT2D eigenvalue weighted by Gasteiger charge is -2.24. The van der Waals surface area contributed by atoms with Crippen molar-refractivity contribution in [3.8, 4) is 0 Å². The number of benzene rings is 2. The van der Waals surface area contributed by atoms with Crippen LogP contribution in [0.4, 0.5) is 0 Å². The molecule has 0 amide bonds. The summed E-state index contributed by atoms with van der Waals surface area (Å²) in [5.74, 6) is 0. The fraction of sp³-hybridized carbons (Fsp3) is 0.385. The highest BCUT2D eigenvalue weighted by atomic mass is 28.4. The van der Waals surface area contributed by atoms with E-state index in [-0.39, 0.29) is 0 Å². The lowest BCUT2D eigenvalue weighted by Crippen LogP contribution is -2.45. The molecule has 0 aliphatic rings.